The van der Waals surface area contributed by atoms with E-state index in [-0.39, 0.29) is 42.0 Å². The Kier molecular flexibility index (Phi) is 8.98. The van der Waals surface area contributed by atoms with Gasteiger partial charge in [0.15, 0.2) is 5.82 Å². The monoisotopic (exact) mass is 748 g/mol. The number of nitrogens with zero attached hydrogens (tertiary/aromatic N) is 6. The smallest absolute Gasteiger partial charge is 0.410 e. The first-order valence-corrected chi connectivity index (χ1v) is 19.4. The van der Waals surface area contributed by atoms with Gasteiger partial charge in [0.25, 0.3) is 0 Å². The molecule has 5 aromatic rings. The molecule has 1 amide bonds. The lowest BCUT2D eigenvalue weighted by Crippen LogP contribution is -2.57. The largest absolute Gasteiger partial charge is 0.489 e. The van der Waals surface area contributed by atoms with Crippen molar-refractivity contribution in [3.63, 3.8) is 0 Å². The lowest BCUT2D eigenvalue weighted by atomic mass is 9.95. The van der Waals surface area contributed by atoms with Gasteiger partial charge in [0.1, 0.15) is 47.8 Å². The van der Waals surface area contributed by atoms with Crippen LogP contribution in [0.15, 0.2) is 72.9 Å². The summed E-state index contributed by atoms with van der Waals surface area (Å²) in [5.41, 5.74) is 0.769. The number of anilines is 1. The molecule has 4 aliphatic heterocycles. The summed E-state index contributed by atoms with van der Waals surface area (Å²) in [5.74, 6) is 0.490. The molecule has 0 spiro atoms. The average molecular weight is 749 g/mol. The maximum Gasteiger partial charge on any atom is 0.410 e. The molecular weight excluding hydrogens is 703 g/mol. The number of pyridine rings is 1. The van der Waals surface area contributed by atoms with E-state index in [1.165, 1.54) is 0 Å². The van der Waals surface area contributed by atoms with E-state index in [1.807, 2.05) is 92.4 Å². The minimum atomic E-state index is -0.915. The molecule has 3 aromatic carbocycles. The van der Waals surface area contributed by atoms with E-state index in [2.05, 4.69) is 9.80 Å². The first-order valence-electron chi connectivity index (χ1n) is 19.4. The lowest BCUT2D eigenvalue weighted by Gasteiger charge is -2.42. The van der Waals surface area contributed by atoms with Gasteiger partial charge < -0.3 is 19.1 Å². The molecule has 6 heterocycles. The summed E-state index contributed by atoms with van der Waals surface area (Å²) < 4.78 is 50.4. The zero-order chi connectivity index (χ0) is 37.9. The molecule has 4 aliphatic rings. The molecule has 4 saturated heterocycles. The fourth-order valence-corrected chi connectivity index (χ4v) is 9.15. The van der Waals surface area contributed by atoms with Crippen molar-refractivity contribution in [1.29, 1.82) is 0 Å². The van der Waals surface area contributed by atoms with Gasteiger partial charge in [-0.3, -0.25) is 14.8 Å². The van der Waals surface area contributed by atoms with Gasteiger partial charge in [-0.1, -0.05) is 54.6 Å². The predicted octanol–water partition coefficient (Wildman–Crippen LogP) is 8.11. The van der Waals surface area contributed by atoms with Crippen molar-refractivity contribution in [2.24, 2.45) is 0 Å². The van der Waals surface area contributed by atoms with Crippen LogP contribution in [0, 0.1) is 5.82 Å². The third-order valence-electron chi connectivity index (χ3n) is 11.6. The molecule has 0 unspecified atom stereocenters. The Morgan fingerprint density at radius 3 is 2.49 bits per heavy atom. The fraction of sp³-hybridized carbons (Fsp3) is 0.442. The highest BCUT2D eigenvalue weighted by molar-refractivity contribution is 6.00. The van der Waals surface area contributed by atoms with Gasteiger partial charge in [0.2, 0.25) is 0 Å². The highest BCUT2D eigenvalue weighted by atomic mass is 19.1. The number of amides is 1. The number of aromatic nitrogens is 3. The number of hydrogen-bond donors (Lipinski definition) is 0. The number of piperazine rings is 1. The van der Waals surface area contributed by atoms with Crippen LogP contribution in [0.5, 0.6) is 11.8 Å². The van der Waals surface area contributed by atoms with E-state index in [0.29, 0.717) is 55.2 Å². The second kappa shape index (κ2) is 13.9. The number of hydrogen-bond acceptors (Lipinski definition) is 9. The maximum atomic E-state index is 17.3. The quantitative estimate of drug-likeness (QED) is 0.156. The van der Waals surface area contributed by atoms with Crippen molar-refractivity contribution in [2.45, 2.75) is 88.9 Å². The SMILES string of the molecule is CC(C)(C)OC(=O)N1[C@@H]2CC[C@H]1CN(c1nc(OC[C@]34CCCN3C[C@@H](F)C4)nc3c(F)c(-c4cc(OCc5ccccc5)cc5ccccc45)ncc13)C2. The lowest BCUT2D eigenvalue weighted by molar-refractivity contribution is 0.0122. The number of carbonyl (C=O) groups is 1. The van der Waals surface area contributed by atoms with Crippen molar-refractivity contribution in [2.75, 3.05) is 37.7 Å². The van der Waals surface area contributed by atoms with Crippen LogP contribution >= 0.6 is 0 Å². The van der Waals surface area contributed by atoms with Crippen LogP contribution in [0.3, 0.4) is 0 Å². The van der Waals surface area contributed by atoms with E-state index in [1.54, 1.807) is 6.20 Å². The molecule has 4 fully saturated rings. The van der Waals surface area contributed by atoms with Crippen molar-refractivity contribution < 1.29 is 27.8 Å². The minimum Gasteiger partial charge on any atom is -0.489 e. The summed E-state index contributed by atoms with van der Waals surface area (Å²) in [6, 6.07) is 21.3. The van der Waals surface area contributed by atoms with E-state index in [4.69, 9.17) is 29.2 Å². The maximum absolute atomic E-state index is 17.3. The Morgan fingerprint density at radius 1 is 0.945 bits per heavy atom. The van der Waals surface area contributed by atoms with Crippen LogP contribution in [0.4, 0.5) is 19.4 Å². The van der Waals surface area contributed by atoms with Crippen LogP contribution in [0.25, 0.3) is 32.9 Å². The van der Waals surface area contributed by atoms with Crippen LogP contribution in [0.1, 0.15) is 58.4 Å². The normalized spacial score (nSPS) is 23.8. The minimum absolute atomic E-state index is 0.0359. The molecule has 2 bridgehead atoms. The molecule has 0 N–H and O–H groups in total. The third kappa shape index (κ3) is 6.79. The summed E-state index contributed by atoms with van der Waals surface area (Å²) in [5, 5.41) is 2.16. The first-order chi connectivity index (χ1) is 26.5. The average Bonchev–Trinajstić information content (AvgIpc) is 3.79. The molecule has 12 heteroatoms. The van der Waals surface area contributed by atoms with Gasteiger partial charge in [-0.25, -0.2) is 13.6 Å². The number of benzene rings is 3. The number of halogens is 2. The van der Waals surface area contributed by atoms with Gasteiger partial charge in [0, 0.05) is 37.8 Å². The van der Waals surface area contributed by atoms with Gasteiger partial charge >= 0.3 is 12.1 Å². The fourth-order valence-electron chi connectivity index (χ4n) is 9.15. The van der Waals surface area contributed by atoms with Gasteiger partial charge in [0.05, 0.1) is 23.0 Å². The van der Waals surface area contributed by atoms with E-state index in [0.717, 1.165) is 48.6 Å². The van der Waals surface area contributed by atoms with Crippen molar-refractivity contribution >= 4 is 33.6 Å². The molecule has 0 radical (unpaired) electrons. The Morgan fingerprint density at radius 2 is 1.71 bits per heavy atom. The highest BCUT2D eigenvalue weighted by Gasteiger charge is 2.50. The number of carbonyl (C=O) groups excluding carboxylic acids is 1. The molecule has 286 valence electrons. The zero-order valence-electron chi connectivity index (χ0n) is 31.5. The highest BCUT2D eigenvalue weighted by Crippen LogP contribution is 2.42. The van der Waals surface area contributed by atoms with E-state index >= 15 is 4.39 Å². The molecule has 10 nitrogen and oxygen atoms in total. The summed E-state index contributed by atoms with van der Waals surface area (Å²) in [7, 11) is 0. The first kappa shape index (κ1) is 35.6. The molecule has 0 aliphatic carbocycles. The molecule has 9 rings (SSSR count). The standard InChI is InChI=1S/C43H46F2N6O4/c1-42(2,3)55-41(52)51-30-14-15-31(51)24-49(23-30)39-35-21-46-37(34-19-32(18-28-12-7-8-13-33(28)34)53-25-27-10-5-4-6-11-27)36(45)38(35)47-40(48-39)54-26-43-16-9-17-50(43)22-29(44)20-43/h4-8,10-13,18-19,21,29-31H,9,14-17,20,22-26H2,1-3H3/t29-,30-,31+,43+/m0/s1. The summed E-state index contributed by atoms with van der Waals surface area (Å²) in [6.45, 7) is 8.36. The summed E-state index contributed by atoms with van der Waals surface area (Å²) in [6.07, 6.45) is 4.23. The molecular formula is C43H46F2N6O4. The van der Waals surface area contributed by atoms with Gasteiger partial charge in [-0.15, -0.1) is 0 Å². The Hall–Kier alpha value is -5.10. The predicted molar refractivity (Wildman–Crippen MR) is 207 cm³/mol. The van der Waals surface area contributed by atoms with Crippen LogP contribution in [-0.4, -0.2) is 93.0 Å². The zero-order valence-corrected chi connectivity index (χ0v) is 31.5. The van der Waals surface area contributed by atoms with Crippen LogP contribution in [0.2, 0.25) is 0 Å². The summed E-state index contributed by atoms with van der Waals surface area (Å²) in [4.78, 5) is 33.8. The second-order valence-electron chi connectivity index (χ2n) is 16.5. The number of rotatable bonds is 8. The van der Waals surface area contributed by atoms with Gasteiger partial charge in [-0.2, -0.15) is 9.97 Å². The molecule has 4 atom stereocenters. The number of fused-ring (bicyclic) bond motifs is 5. The van der Waals surface area contributed by atoms with Crippen molar-refractivity contribution in [3.05, 3.63) is 84.3 Å². The topological polar surface area (TPSA) is 93.2 Å². The van der Waals surface area contributed by atoms with Crippen molar-refractivity contribution in [1.82, 2.24) is 24.8 Å². The van der Waals surface area contributed by atoms with E-state index < -0.39 is 23.1 Å². The number of ether oxygens (including phenoxy) is 3. The molecule has 55 heavy (non-hydrogen) atoms. The second-order valence-corrected chi connectivity index (χ2v) is 16.5. The van der Waals surface area contributed by atoms with E-state index in [9.17, 15) is 9.18 Å². The Balaban J connectivity index is 1.11. The Labute approximate surface area is 319 Å². The molecule has 2 aromatic heterocycles. The van der Waals surface area contributed by atoms with Crippen LogP contribution < -0.4 is 14.4 Å². The Bertz CT molecular complexity index is 2240. The van der Waals surface area contributed by atoms with Crippen molar-refractivity contribution in [3.8, 4) is 23.0 Å². The third-order valence-corrected chi connectivity index (χ3v) is 11.6. The number of alkyl halides is 1. The summed E-state index contributed by atoms with van der Waals surface area (Å²) >= 11 is 0. The van der Waals surface area contributed by atoms with Gasteiger partial charge in [-0.05, 0) is 81.5 Å². The molecule has 0 saturated carbocycles. The van der Waals surface area contributed by atoms with Crippen LogP contribution in [-0.2, 0) is 11.3 Å².